The van der Waals surface area contributed by atoms with Crippen LogP contribution in [0.15, 0.2) is 36.9 Å². The lowest BCUT2D eigenvalue weighted by Gasteiger charge is -2.26. The van der Waals surface area contributed by atoms with Crippen LogP contribution in [0.5, 0.6) is 0 Å². The standard InChI is InChI=1S/C13H16ClNO2/c1-3-8-15(9-10(2)13(16)17)12-7-5-4-6-11(12)14/h3-7,10H,1,8-9H2,2H3,(H,16,17). The number of hydrogen-bond acceptors (Lipinski definition) is 2. The Hall–Kier alpha value is -1.48. The van der Waals surface area contributed by atoms with Gasteiger partial charge in [0.05, 0.1) is 16.6 Å². The average molecular weight is 254 g/mol. The van der Waals surface area contributed by atoms with Crippen molar-refractivity contribution >= 4 is 23.3 Å². The smallest absolute Gasteiger partial charge is 0.308 e. The van der Waals surface area contributed by atoms with Crippen molar-refractivity contribution in [3.8, 4) is 0 Å². The molecule has 1 unspecified atom stereocenters. The van der Waals surface area contributed by atoms with Gasteiger partial charge in [0.15, 0.2) is 0 Å². The van der Waals surface area contributed by atoms with Crippen molar-refractivity contribution in [1.82, 2.24) is 0 Å². The maximum atomic E-state index is 10.9. The van der Waals surface area contributed by atoms with E-state index in [1.54, 1.807) is 19.1 Å². The van der Waals surface area contributed by atoms with Gasteiger partial charge in [-0.2, -0.15) is 0 Å². The quantitative estimate of drug-likeness (QED) is 0.792. The fraction of sp³-hybridized carbons (Fsp3) is 0.308. The number of nitrogens with zero attached hydrogens (tertiary/aromatic N) is 1. The van der Waals surface area contributed by atoms with E-state index in [4.69, 9.17) is 16.7 Å². The molecule has 0 fully saturated rings. The first-order valence-electron chi connectivity index (χ1n) is 5.39. The van der Waals surface area contributed by atoms with Crippen LogP contribution in [0, 0.1) is 5.92 Å². The van der Waals surface area contributed by atoms with E-state index in [2.05, 4.69) is 6.58 Å². The molecule has 0 heterocycles. The third-order valence-electron chi connectivity index (χ3n) is 2.46. The number of aliphatic carboxylic acids is 1. The predicted molar refractivity (Wildman–Crippen MR) is 70.7 cm³/mol. The van der Waals surface area contributed by atoms with E-state index >= 15 is 0 Å². The van der Waals surface area contributed by atoms with Gasteiger partial charge >= 0.3 is 5.97 Å². The maximum Gasteiger partial charge on any atom is 0.308 e. The number of carboxylic acid groups (broad SMARTS) is 1. The van der Waals surface area contributed by atoms with Crippen molar-refractivity contribution in [2.24, 2.45) is 5.92 Å². The van der Waals surface area contributed by atoms with Crippen LogP contribution in [-0.2, 0) is 4.79 Å². The summed E-state index contributed by atoms with van der Waals surface area (Å²) in [6.45, 7) is 6.33. The fourth-order valence-corrected chi connectivity index (χ4v) is 1.80. The Balaban J connectivity index is 2.89. The molecule has 4 heteroatoms. The van der Waals surface area contributed by atoms with Crippen LogP contribution in [-0.4, -0.2) is 24.2 Å². The summed E-state index contributed by atoms with van der Waals surface area (Å²) in [5, 5.41) is 9.55. The second kappa shape index (κ2) is 6.30. The molecule has 92 valence electrons. The van der Waals surface area contributed by atoms with E-state index in [1.807, 2.05) is 23.1 Å². The van der Waals surface area contributed by atoms with Gasteiger partial charge in [0.1, 0.15) is 0 Å². The van der Waals surface area contributed by atoms with E-state index in [1.165, 1.54) is 0 Å². The number of benzene rings is 1. The van der Waals surface area contributed by atoms with Crippen molar-refractivity contribution in [3.05, 3.63) is 41.9 Å². The fourth-order valence-electron chi connectivity index (χ4n) is 1.54. The molecule has 0 saturated heterocycles. The van der Waals surface area contributed by atoms with Gasteiger partial charge in [-0.05, 0) is 12.1 Å². The minimum atomic E-state index is -0.814. The zero-order valence-electron chi connectivity index (χ0n) is 9.77. The molecule has 17 heavy (non-hydrogen) atoms. The zero-order chi connectivity index (χ0) is 12.8. The Morgan fingerprint density at radius 2 is 2.24 bits per heavy atom. The molecule has 1 rings (SSSR count). The zero-order valence-corrected chi connectivity index (χ0v) is 10.5. The normalized spacial score (nSPS) is 11.9. The van der Waals surface area contributed by atoms with Gasteiger partial charge in [-0.25, -0.2) is 0 Å². The highest BCUT2D eigenvalue weighted by atomic mass is 35.5. The van der Waals surface area contributed by atoms with Gasteiger partial charge in [0, 0.05) is 13.1 Å². The van der Waals surface area contributed by atoms with E-state index < -0.39 is 11.9 Å². The molecular formula is C13H16ClNO2. The number of carbonyl (C=O) groups is 1. The minimum Gasteiger partial charge on any atom is -0.481 e. The van der Waals surface area contributed by atoms with E-state index in [0.717, 1.165) is 5.69 Å². The summed E-state index contributed by atoms with van der Waals surface area (Å²) in [5.74, 6) is -1.27. The van der Waals surface area contributed by atoms with E-state index in [9.17, 15) is 4.79 Å². The molecular weight excluding hydrogens is 238 g/mol. The summed E-state index contributed by atoms with van der Waals surface area (Å²) in [4.78, 5) is 12.8. The summed E-state index contributed by atoms with van der Waals surface area (Å²) >= 11 is 6.09. The molecule has 1 N–H and O–H groups in total. The molecule has 3 nitrogen and oxygen atoms in total. The molecule has 1 aromatic rings. The lowest BCUT2D eigenvalue weighted by Crippen LogP contribution is -2.32. The van der Waals surface area contributed by atoms with Gasteiger partial charge in [-0.15, -0.1) is 6.58 Å². The average Bonchev–Trinajstić information content (AvgIpc) is 2.29. The Morgan fingerprint density at radius 3 is 2.76 bits per heavy atom. The minimum absolute atomic E-state index is 0.408. The summed E-state index contributed by atoms with van der Waals surface area (Å²) in [5.41, 5.74) is 0.835. The Morgan fingerprint density at radius 1 is 1.59 bits per heavy atom. The summed E-state index contributed by atoms with van der Waals surface area (Å²) in [7, 11) is 0. The van der Waals surface area contributed by atoms with E-state index in [0.29, 0.717) is 18.1 Å². The Kier molecular flexibility index (Phi) is 5.04. The number of halogens is 1. The highest BCUT2D eigenvalue weighted by molar-refractivity contribution is 6.33. The molecule has 0 bridgehead atoms. The highest BCUT2D eigenvalue weighted by Crippen LogP contribution is 2.25. The molecule has 0 saturated carbocycles. The largest absolute Gasteiger partial charge is 0.481 e. The van der Waals surface area contributed by atoms with Crippen LogP contribution in [0.3, 0.4) is 0 Å². The Labute approximate surface area is 106 Å². The summed E-state index contributed by atoms with van der Waals surface area (Å²) < 4.78 is 0. The van der Waals surface area contributed by atoms with Crippen LogP contribution >= 0.6 is 11.6 Å². The molecule has 0 aliphatic heterocycles. The highest BCUT2D eigenvalue weighted by Gasteiger charge is 2.17. The molecule has 0 radical (unpaired) electrons. The van der Waals surface area contributed by atoms with Crippen LogP contribution in [0.1, 0.15) is 6.92 Å². The van der Waals surface area contributed by atoms with Crippen LogP contribution in [0.4, 0.5) is 5.69 Å². The van der Waals surface area contributed by atoms with Crippen LogP contribution in [0.25, 0.3) is 0 Å². The first kappa shape index (κ1) is 13.6. The van der Waals surface area contributed by atoms with Crippen LogP contribution < -0.4 is 4.90 Å². The molecule has 1 aromatic carbocycles. The van der Waals surface area contributed by atoms with Gasteiger partial charge in [-0.3, -0.25) is 4.79 Å². The van der Waals surface area contributed by atoms with Gasteiger partial charge in [0.25, 0.3) is 0 Å². The SMILES string of the molecule is C=CCN(CC(C)C(=O)O)c1ccccc1Cl. The topological polar surface area (TPSA) is 40.5 Å². The number of hydrogen-bond donors (Lipinski definition) is 1. The first-order chi connectivity index (χ1) is 8.06. The van der Waals surface area contributed by atoms with Crippen LogP contribution in [0.2, 0.25) is 5.02 Å². The molecule has 0 aromatic heterocycles. The van der Waals surface area contributed by atoms with Crippen molar-refractivity contribution in [3.63, 3.8) is 0 Å². The number of anilines is 1. The number of rotatable bonds is 6. The number of carboxylic acids is 1. The molecule has 0 spiro atoms. The number of para-hydroxylation sites is 1. The molecule has 1 atom stereocenters. The van der Waals surface area contributed by atoms with E-state index in [-0.39, 0.29) is 0 Å². The molecule has 0 amide bonds. The summed E-state index contributed by atoms with van der Waals surface area (Å²) in [6, 6.07) is 7.39. The first-order valence-corrected chi connectivity index (χ1v) is 5.77. The molecule has 0 aliphatic rings. The third-order valence-corrected chi connectivity index (χ3v) is 2.78. The monoisotopic (exact) mass is 253 g/mol. The van der Waals surface area contributed by atoms with Crippen molar-refractivity contribution in [1.29, 1.82) is 0 Å². The van der Waals surface area contributed by atoms with Gasteiger partial charge < -0.3 is 10.0 Å². The second-order valence-corrected chi connectivity index (χ2v) is 4.29. The molecule has 0 aliphatic carbocycles. The second-order valence-electron chi connectivity index (χ2n) is 3.88. The van der Waals surface area contributed by atoms with Gasteiger partial charge in [0.2, 0.25) is 0 Å². The van der Waals surface area contributed by atoms with Crippen molar-refractivity contribution in [2.75, 3.05) is 18.0 Å². The predicted octanol–water partition coefficient (Wildman–Crippen LogP) is 3.05. The van der Waals surface area contributed by atoms with Gasteiger partial charge in [-0.1, -0.05) is 36.7 Å². The third kappa shape index (κ3) is 3.79. The maximum absolute atomic E-state index is 10.9. The summed E-state index contributed by atoms with van der Waals surface area (Å²) in [6.07, 6.45) is 1.73. The van der Waals surface area contributed by atoms with Crippen molar-refractivity contribution < 1.29 is 9.90 Å². The van der Waals surface area contributed by atoms with Crippen molar-refractivity contribution in [2.45, 2.75) is 6.92 Å². The lowest BCUT2D eigenvalue weighted by atomic mass is 10.1. The Bertz CT molecular complexity index is 406. The lowest BCUT2D eigenvalue weighted by molar-refractivity contribution is -0.140.